The molecule has 4 rings (SSSR count). The van der Waals surface area contributed by atoms with Crippen LogP contribution in [0, 0.1) is 0 Å². The first-order valence-corrected chi connectivity index (χ1v) is 13.9. The van der Waals surface area contributed by atoms with E-state index in [9.17, 15) is 14.4 Å². The van der Waals surface area contributed by atoms with Crippen molar-refractivity contribution in [2.45, 2.75) is 13.0 Å². The molecular weight excluding hydrogens is 519 g/mol. The Morgan fingerprint density at radius 3 is 2.25 bits per heavy atom. The summed E-state index contributed by atoms with van der Waals surface area (Å²) in [7, 11) is 1.35. The number of hydrogen-bond donors (Lipinski definition) is 0. The Kier molecular flexibility index (Phi) is 8.93. The molecule has 0 aliphatic carbocycles. The Morgan fingerprint density at radius 1 is 0.861 bits per heavy atom. The fourth-order valence-corrected chi connectivity index (χ4v) is 5.96. The molecule has 1 aliphatic heterocycles. The van der Waals surface area contributed by atoms with Gasteiger partial charge in [-0.2, -0.15) is 0 Å². The van der Waals surface area contributed by atoms with Gasteiger partial charge in [0.1, 0.15) is 0 Å². The Bertz CT molecular complexity index is 1180. The van der Waals surface area contributed by atoms with Crippen LogP contribution in [0.4, 0.5) is 0 Å². The van der Waals surface area contributed by atoms with E-state index in [4.69, 9.17) is 9.47 Å². The number of methoxy groups -OCH3 is 1. The Balaban J connectivity index is 1.25. The molecule has 0 aromatic heterocycles. The second kappa shape index (κ2) is 12.5. The Hall–Kier alpha value is -3.41. The normalized spacial score (nSPS) is 14.6. The van der Waals surface area contributed by atoms with Crippen LogP contribution in [0.2, 0.25) is 0 Å². The number of ether oxygens (including phenoxy) is 2. The molecule has 1 saturated heterocycles. The number of rotatable bonds is 9. The van der Waals surface area contributed by atoms with Crippen LogP contribution >= 0.6 is 0 Å². The molecule has 1 fully saturated rings. The summed E-state index contributed by atoms with van der Waals surface area (Å²) in [6.07, 6.45) is 0.388. The van der Waals surface area contributed by atoms with Crippen molar-refractivity contribution in [3.63, 3.8) is 0 Å². The predicted octanol–water partition coefficient (Wildman–Crippen LogP) is 2.59. The van der Waals surface area contributed by atoms with Crippen LogP contribution in [0.3, 0.4) is 0 Å². The average Bonchev–Trinajstić information content (AvgIpc) is 3.07. The first kappa shape index (κ1) is 25.7. The van der Waals surface area contributed by atoms with E-state index in [1.54, 1.807) is 12.1 Å². The number of benzene rings is 3. The van der Waals surface area contributed by atoms with Crippen LogP contribution in [-0.2, 0) is 20.9 Å². The summed E-state index contributed by atoms with van der Waals surface area (Å²) in [5, 5.41) is 0. The van der Waals surface area contributed by atoms with E-state index < -0.39 is 15.8 Å². The molecule has 3 aromatic rings. The fourth-order valence-electron chi connectivity index (χ4n) is 3.95. The minimum absolute atomic E-state index is 0.0759. The quantitative estimate of drug-likeness (QED) is 0.303. The van der Waals surface area contributed by atoms with E-state index in [0.717, 1.165) is 21.4 Å². The molecule has 0 N–H and O–H groups in total. The van der Waals surface area contributed by atoms with Crippen molar-refractivity contribution in [1.29, 1.82) is 0 Å². The summed E-state index contributed by atoms with van der Waals surface area (Å²) in [5.74, 6) is 1.22. The van der Waals surface area contributed by atoms with Crippen molar-refractivity contribution in [3.8, 4) is 11.5 Å². The summed E-state index contributed by atoms with van der Waals surface area (Å²) >= 11 is -0.945. The number of carbonyl (C=O) groups is 3. The van der Waals surface area contributed by atoms with E-state index in [0.29, 0.717) is 44.7 Å². The van der Waals surface area contributed by atoms with Gasteiger partial charge >= 0.3 is 201 Å². The summed E-state index contributed by atoms with van der Waals surface area (Å²) in [4.78, 5) is 41.0. The van der Waals surface area contributed by atoms with Gasteiger partial charge in [0.05, 0.1) is 7.11 Å². The molecule has 1 amide bonds. The van der Waals surface area contributed by atoms with Crippen molar-refractivity contribution in [2.24, 2.45) is 0 Å². The van der Waals surface area contributed by atoms with E-state index in [-0.39, 0.29) is 16.4 Å². The second-order valence-electron chi connectivity index (χ2n) is 8.52. The molecule has 0 radical (unpaired) electrons. The molecule has 1 aliphatic rings. The maximum atomic E-state index is 12.8. The Morgan fingerprint density at radius 2 is 1.56 bits per heavy atom. The van der Waals surface area contributed by atoms with Crippen molar-refractivity contribution in [2.75, 3.05) is 33.3 Å². The number of nitrogens with zero attached hydrogens (tertiary/aromatic N) is 2. The molecule has 8 heteroatoms. The predicted molar refractivity (Wildman–Crippen MR) is 139 cm³/mol. The third-order valence-corrected chi connectivity index (χ3v) is 8.14. The first-order chi connectivity index (χ1) is 17.5. The van der Waals surface area contributed by atoms with Gasteiger partial charge in [0.2, 0.25) is 0 Å². The van der Waals surface area contributed by atoms with Crippen LogP contribution in [0.5, 0.6) is 11.5 Å². The third kappa shape index (κ3) is 7.29. The minimum atomic E-state index is -0.945. The molecular formula is C28H29AsN2O5. The maximum absolute atomic E-state index is 12.8. The van der Waals surface area contributed by atoms with Gasteiger partial charge < -0.3 is 4.74 Å². The SMILES string of the molecule is COC(=O)c1ccc(CN2CCN(CC(=O)[AsH]c3ccc(Oc4ccccc4)cc3)CCC2=O)cc1. The van der Waals surface area contributed by atoms with Crippen LogP contribution in [-0.4, -0.2) is 75.3 Å². The van der Waals surface area contributed by atoms with Gasteiger partial charge in [-0.3, -0.25) is 0 Å². The number of para-hydroxylation sites is 1. The number of hydrogen-bond acceptors (Lipinski definition) is 6. The van der Waals surface area contributed by atoms with Crippen LogP contribution in [0.1, 0.15) is 22.3 Å². The summed E-state index contributed by atoms with van der Waals surface area (Å²) < 4.78 is 11.8. The molecule has 0 spiro atoms. The fraction of sp³-hybridized carbons (Fsp3) is 0.250. The zero-order valence-corrected chi connectivity index (χ0v) is 22.3. The van der Waals surface area contributed by atoms with Crippen LogP contribution in [0.15, 0.2) is 78.9 Å². The van der Waals surface area contributed by atoms with Gasteiger partial charge in [-0.1, -0.05) is 0 Å². The van der Waals surface area contributed by atoms with Gasteiger partial charge in [-0.15, -0.1) is 0 Å². The van der Waals surface area contributed by atoms with Gasteiger partial charge in [-0.25, -0.2) is 4.79 Å². The van der Waals surface area contributed by atoms with Gasteiger partial charge in [0, 0.05) is 0 Å². The molecule has 7 nitrogen and oxygen atoms in total. The average molecular weight is 548 g/mol. The van der Waals surface area contributed by atoms with Crippen molar-refractivity contribution >= 4 is 36.6 Å². The zero-order chi connectivity index (χ0) is 25.3. The summed E-state index contributed by atoms with van der Waals surface area (Å²) in [6.45, 7) is 2.66. The number of amides is 1. The molecule has 1 heterocycles. The van der Waals surface area contributed by atoms with Crippen LogP contribution < -0.4 is 9.09 Å². The van der Waals surface area contributed by atoms with E-state index in [1.165, 1.54) is 7.11 Å². The number of carbonyl (C=O) groups excluding carboxylic acids is 3. The standard InChI is InChI=1S/C28H29AsN2O5/c1-35-28(34)22-9-7-21(8-10-22)19-31-18-17-30(16-15-27(31)33)20-26(32)29-23-11-13-25(14-12-23)36-24-5-3-2-4-6-24/h2-14,29H,15-20H2,1H3. The third-order valence-electron chi connectivity index (χ3n) is 5.91. The van der Waals surface area contributed by atoms with Gasteiger partial charge in [0.15, 0.2) is 0 Å². The monoisotopic (exact) mass is 548 g/mol. The second-order valence-corrected chi connectivity index (χ2v) is 11.4. The van der Waals surface area contributed by atoms with Crippen LogP contribution in [0.25, 0.3) is 0 Å². The van der Waals surface area contributed by atoms with Gasteiger partial charge in [0.25, 0.3) is 0 Å². The molecule has 3 aromatic carbocycles. The van der Waals surface area contributed by atoms with Gasteiger partial charge in [-0.05, 0) is 0 Å². The van der Waals surface area contributed by atoms with Crippen molar-refractivity contribution in [1.82, 2.24) is 9.80 Å². The molecule has 36 heavy (non-hydrogen) atoms. The van der Waals surface area contributed by atoms with Crippen molar-refractivity contribution < 1.29 is 23.9 Å². The topological polar surface area (TPSA) is 76.2 Å². The van der Waals surface area contributed by atoms with Crippen molar-refractivity contribution in [3.05, 3.63) is 90.0 Å². The first-order valence-electron chi connectivity index (χ1n) is 11.8. The molecule has 1 unspecified atom stereocenters. The molecule has 186 valence electrons. The van der Waals surface area contributed by atoms with E-state index in [2.05, 4.69) is 4.90 Å². The van der Waals surface area contributed by atoms with E-state index >= 15 is 0 Å². The Labute approximate surface area is 217 Å². The zero-order valence-electron chi connectivity index (χ0n) is 20.2. The molecule has 1 atom stereocenters. The molecule has 0 saturated carbocycles. The van der Waals surface area contributed by atoms with E-state index in [1.807, 2.05) is 71.6 Å². The molecule has 0 bridgehead atoms. The summed E-state index contributed by atoms with van der Waals surface area (Å²) in [6, 6.07) is 24.4. The summed E-state index contributed by atoms with van der Waals surface area (Å²) in [5.41, 5.74) is 1.43. The number of esters is 1.